The summed E-state index contributed by atoms with van der Waals surface area (Å²) in [5.74, 6) is 0. The highest BCUT2D eigenvalue weighted by molar-refractivity contribution is 4.69. The van der Waals surface area contributed by atoms with Crippen molar-refractivity contribution in [2.45, 2.75) is 38.2 Å². The van der Waals surface area contributed by atoms with Gasteiger partial charge in [-0.25, -0.2) is 0 Å². The maximum Gasteiger partial charge on any atom is 0.158 e. The van der Waals surface area contributed by atoms with Gasteiger partial charge in [0, 0.05) is 20.0 Å². The molecule has 3 N–H and O–H groups in total. The van der Waals surface area contributed by atoms with Gasteiger partial charge in [-0.15, -0.1) is 0 Å². The summed E-state index contributed by atoms with van der Waals surface area (Å²) in [6, 6.07) is 0.436. The first kappa shape index (κ1) is 7.98. The fraction of sp³-hybridized carbons (Fsp3) is 1.00. The van der Waals surface area contributed by atoms with Crippen LogP contribution in [0.25, 0.3) is 0 Å². The van der Waals surface area contributed by atoms with Crippen LogP contribution in [-0.4, -0.2) is 25.5 Å². The Hall–Kier alpha value is -0.120. The molecule has 3 atom stereocenters. The summed E-state index contributed by atoms with van der Waals surface area (Å²) in [7, 11) is 1.68. The van der Waals surface area contributed by atoms with Gasteiger partial charge in [-0.1, -0.05) is 0 Å². The van der Waals surface area contributed by atoms with E-state index in [1.165, 1.54) is 0 Å². The zero-order valence-corrected chi connectivity index (χ0v) is 6.67. The average Bonchev–Trinajstić information content (AvgIpc) is 1.95. The van der Waals surface area contributed by atoms with Gasteiger partial charge in [0.25, 0.3) is 0 Å². The second-order valence-electron chi connectivity index (χ2n) is 2.84. The summed E-state index contributed by atoms with van der Waals surface area (Å²) < 4.78 is 10.5. The fourth-order valence-electron chi connectivity index (χ4n) is 1.18. The van der Waals surface area contributed by atoms with Crippen LogP contribution in [0.3, 0.4) is 0 Å². The molecule has 3 nitrogen and oxygen atoms in total. The predicted octanol–water partition coefficient (Wildman–Crippen LogP) is -0.232. The number of hydrogen-bond acceptors (Lipinski definition) is 2. The van der Waals surface area contributed by atoms with Gasteiger partial charge in [-0.2, -0.15) is 0 Å². The second-order valence-corrected chi connectivity index (χ2v) is 2.84. The van der Waals surface area contributed by atoms with Gasteiger partial charge < -0.3 is 15.2 Å². The standard InChI is InChI=1S/C7H15NO2/c1-5-6(8)3-4-7(9-2)10-5/h5-7H,3-4,8H2,1-2H3/p+1/t5?,6-,7+/m1/s1. The number of quaternary nitrogens is 1. The zero-order valence-electron chi connectivity index (χ0n) is 6.67. The van der Waals surface area contributed by atoms with Crippen LogP contribution in [0, 0.1) is 0 Å². The van der Waals surface area contributed by atoms with Crippen molar-refractivity contribution in [1.82, 2.24) is 0 Å². The third-order valence-corrected chi connectivity index (χ3v) is 2.07. The van der Waals surface area contributed by atoms with Gasteiger partial charge >= 0.3 is 0 Å². The lowest BCUT2D eigenvalue weighted by molar-refractivity contribution is -0.455. The highest BCUT2D eigenvalue weighted by atomic mass is 16.7. The van der Waals surface area contributed by atoms with E-state index in [4.69, 9.17) is 9.47 Å². The summed E-state index contributed by atoms with van der Waals surface area (Å²) >= 11 is 0. The molecule has 1 heterocycles. The second kappa shape index (κ2) is 3.32. The van der Waals surface area contributed by atoms with Crippen molar-refractivity contribution >= 4 is 0 Å². The maximum absolute atomic E-state index is 5.46. The third-order valence-electron chi connectivity index (χ3n) is 2.07. The molecule has 0 spiro atoms. The molecule has 0 amide bonds. The van der Waals surface area contributed by atoms with Gasteiger partial charge in [0.1, 0.15) is 12.1 Å². The van der Waals surface area contributed by atoms with Crippen LogP contribution in [-0.2, 0) is 9.47 Å². The lowest BCUT2D eigenvalue weighted by Gasteiger charge is -2.29. The van der Waals surface area contributed by atoms with Crippen LogP contribution in [0.4, 0.5) is 0 Å². The molecule has 60 valence electrons. The van der Waals surface area contributed by atoms with Crippen molar-refractivity contribution in [3.8, 4) is 0 Å². The number of methoxy groups -OCH3 is 1. The molecule has 0 radical (unpaired) electrons. The molecule has 0 aromatic heterocycles. The highest BCUT2D eigenvalue weighted by Crippen LogP contribution is 2.16. The average molecular weight is 146 g/mol. The van der Waals surface area contributed by atoms with Crippen LogP contribution in [0.1, 0.15) is 19.8 Å². The van der Waals surface area contributed by atoms with Crippen LogP contribution in [0.15, 0.2) is 0 Å². The summed E-state index contributed by atoms with van der Waals surface area (Å²) in [6.07, 6.45) is 2.35. The Morgan fingerprint density at radius 2 is 2.20 bits per heavy atom. The van der Waals surface area contributed by atoms with E-state index in [0.717, 1.165) is 12.8 Å². The molecule has 1 unspecified atom stereocenters. The van der Waals surface area contributed by atoms with E-state index < -0.39 is 0 Å². The van der Waals surface area contributed by atoms with Crippen molar-refractivity contribution in [2.75, 3.05) is 7.11 Å². The number of hydrogen-bond donors (Lipinski definition) is 1. The molecular formula is C7H16NO2+. The van der Waals surface area contributed by atoms with E-state index in [1.54, 1.807) is 7.11 Å². The number of ether oxygens (including phenoxy) is 2. The van der Waals surface area contributed by atoms with Crippen LogP contribution < -0.4 is 5.73 Å². The predicted molar refractivity (Wildman–Crippen MR) is 37.3 cm³/mol. The monoisotopic (exact) mass is 146 g/mol. The van der Waals surface area contributed by atoms with Crippen LogP contribution >= 0.6 is 0 Å². The minimum Gasteiger partial charge on any atom is -0.356 e. The van der Waals surface area contributed by atoms with Gasteiger partial charge in [-0.3, -0.25) is 0 Å². The molecule has 0 saturated carbocycles. The molecule has 0 aliphatic carbocycles. The Kier molecular flexibility index (Phi) is 2.65. The Morgan fingerprint density at radius 3 is 2.70 bits per heavy atom. The lowest BCUT2D eigenvalue weighted by Crippen LogP contribution is -2.68. The van der Waals surface area contributed by atoms with E-state index >= 15 is 0 Å². The topological polar surface area (TPSA) is 46.1 Å². The Balaban J connectivity index is 2.33. The summed E-state index contributed by atoms with van der Waals surface area (Å²) in [5.41, 5.74) is 3.97. The Morgan fingerprint density at radius 1 is 1.50 bits per heavy atom. The highest BCUT2D eigenvalue weighted by Gasteiger charge is 2.27. The first-order valence-corrected chi connectivity index (χ1v) is 3.75. The minimum atomic E-state index is 0.00741. The maximum atomic E-state index is 5.46. The van der Waals surface area contributed by atoms with Gasteiger partial charge in [0.15, 0.2) is 6.29 Å². The van der Waals surface area contributed by atoms with Crippen LogP contribution in [0.2, 0.25) is 0 Å². The molecule has 1 aliphatic heterocycles. The fourth-order valence-corrected chi connectivity index (χ4v) is 1.18. The van der Waals surface area contributed by atoms with Crippen molar-refractivity contribution < 1.29 is 15.2 Å². The molecule has 3 heteroatoms. The quantitative estimate of drug-likeness (QED) is 0.555. The Labute approximate surface area is 61.5 Å². The van der Waals surface area contributed by atoms with Gasteiger partial charge in [-0.05, 0) is 6.92 Å². The van der Waals surface area contributed by atoms with Crippen molar-refractivity contribution in [3.05, 3.63) is 0 Å². The minimum absolute atomic E-state index is 0.00741. The first-order valence-electron chi connectivity index (χ1n) is 3.75. The smallest absolute Gasteiger partial charge is 0.158 e. The van der Waals surface area contributed by atoms with Gasteiger partial charge in [0.2, 0.25) is 0 Å². The molecule has 0 bridgehead atoms. The van der Waals surface area contributed by atoms with Crippen LogP contribution in [0.5, 0.6) is 0 Å². The Bertz CT molecular complexity index is 108. The molecule has 1 rings (SSSR count). The first-order chi connectivity index (χ1) is 4.74. The van der Waals surface area contributed by atoms with Crippen molar-refractivity contribution in [2.24, 2.45) is 0 Å². The van der Waals surface area contributed by atoms with E-state index in [0.29, 0.717) is 6.04 Å². The molecule has 1 aliphatic rings. The van der Waals surface area contributed by atoms with E-state index in [1.807, 2.05) is 6.92 Å². The van der Waals surface area contributed by atoms with E-state index in [-0.39, 0.29) is 12.4 Å². The molecule has 0 aromatic rings. The third kappa shape index (κ3) is 1.68. The molecule has 10 heavy (non-hydrogen) atoms. The van der Waals surface area contributed by atoms with Crippen molar-refractivity contribution in [1.29, 1.82) is 0 Å². The lowest BCUT2D eigenvalue weighted by atomic mass is 10.0. The number of rotatable bonds is 1. The molecular weight excluding hydrogens is 130 g/mol. The SMILES string of the molecule is CO[C@@H]1CC[C@@H]([NH3+])C(C)O1. The summed E-state index contributed by atoms with van der Waals surface area (Å²) in [5, 5.41) is 0. The van der Waals surface area contributed by atoms with Gasteiger partial charge in [0.05, 0.1) is 0 Å². The summed E-state index contributed by atoms with van der Waals surface area (Å²) in [4.78, 5) is 0. The molecule has 0 aromatic carbocycles. The van der Waals surface area contributed by atoms with Crippen molar-refractivity contribution in [3.63, 3.8) is 0 Å². The molecule has 1 fully saturated rings. The van der Waals surface area contributed by atoms with E-state index in [9.17, 15) is 0 Å². The zero-order chi connectivity index (χ0) is 7.56. The molecule has 1 saturated heterocycles. The van der Waals surface area contributed by atoms with E-state index in [2.05, 4.69) is 5.73 Å². The summed E-state index contributed by atoms with van der Waals surface area (Å²) in [6.45, 7) is 2.04. The normalized spacial score (nSPS) is 41.7. The largest absolute Gasteiger partial charge is 0.356 e.